The molecule has 15 atom stereocenters. The molecule has 3 saturated heterocycles. The molecular weight excluding hydrogens is 632 g/mol. The number of methoxy groups -OCH3 is 1. The molecule has 12 heteroatoms. The third kappa shape index (κ3) is 9.35. The van der Waals surface area contributed by atoms with Crippen LogP contribution in [0, 0.1) is 35.0 Å². The summed E-state index contributed by atoms with van der Waals surface area (Å²) in [5.74, 6) is -3.36. The highest BCUT2D eigenvalue weighted by atomic mass is 16.7. The zero-order valence-corrected chi connectivity index (χ0v) is 32.4. The Kier molecular flexibility index (Phi) is 13.8. The van der Waals surface area contributed by atoms with Gasteiger partial charge in [-0.15, -0.1) is 0 Å². The Morgan fingerprint density at radius 3 is 2.16 bits per heavy atom. The highest BCUT2D eigenvalue weighted by Crippen LogP contribution is 2.47. The Bertz CT molecular complexity index is 1120. The predicted octanol–water partition coefficient (Wildman–Crippen LogP) is 3.80. The summed E-state index contributed by atoms with van der Waals surface area (Å²) in [6.45, 7) is 23.8. The first-order valence-corrected chi connectivity index (χ1v) is 18.3. The second-order valence-corrected chi connectivity index (χ2v) is 17.0. The smallest absolute Gasteiger partial charge is 0.311 e. The Labute approximate surface area is 294 Å². The van der Waals surface area contributed by atoms with Gasteiger partial charge >= 0.3 is 5.97 Å². The van der Waals surface area contributed by atoms with E-state index < -0.39 is 88.7 Å². The zero-order valence-electron chi connectivity index (χ0n) is 32.4. The lowest BCUT2D eigenvalue weighted by atomic mass is 9.60. The van der Waals surface area contributed by atoms with Gasteiger partial charge < -0.3 is 49.5 Å². The molecule has 0 radical (unpaired) electrons. The van der Waals surface area contributed by atoms with Crippen molar-refractivity contribution < 1.29 is 49.0 Å². The van der Waals surface area contributed by atoms with Crippen molar-refractivity contribution in [1.29, 1.82) is 0 Å². The fourth-order valence-electron chi connectivity index (χ4n) is 9.13. The van der Waals surface area contributed by atoms with Gasteiger partial charge in [-0.1, -0.05) is 53.6 Å². The van der Waals surface area contributed by atoms with E-state index in [1.807, 2.05) is 20.8 Å². The number of aliphatic hydroxyl groups excluding tert-OH is 2. The maximum absolute atomic E-state index is 14.1. The number of hydrogen-bond donors (Lipinski definition) is 5. The van der Waals surface area contributed by atoms with E-state index in [0.717, 1.165) is 13.0 Å². The number of carbonyl (C=O) groups is 1. The minimum absolute atomic E-state index is 0.130. The number of aliphatic hydroxyl groups is 4. The molecule has 3 rings (SSSR count). The van der Waals surface area contributed by atoms with E-state index in [9.17, 15) is 25.2 Å². The molecule has 0 aromatic heterocycles. The lowest BCUT2D eigenvalue weighted by Gasteiger charge is -2.51. The second-order valence-electron chi connectivity index (χ2n) is 17.0. The number of nitrogens with zero attached hydrogens (tertiary/aromatic N) is 1. The van der Waals surface area contributed by atoms with Crippen LogP contribution < -0.4 is 5.32 Å². The molecule has 12 nitrogen and oxygen atoms in total. The fraction of sp³-hybridized carbons (Fsp3) is 0.946. The monoisotopic (exact) mass is 700 g/mol. The Balaban J connectivity index is 2.16. The molecule has 5 N–H and O–H groups in total. The number of nitrogens with one attached hydrogen (secondary N) is 1. The molecule has 0 saturated carbocycles. The number of hydrogen-bond acceptors (Lipinski definition) is 12. The first kappa shape index (κ1) is 42.0. The molecule has 3 aliphatic heterocycles. The van der Waals surface area contributed by atoms with Crippen LogP contribution in [0.15, 0.2) is 5.16 Å². The number of carbonyl (C=O) groups excluding carboxylic acids is 1. The molecule has 0 aliphatic carbocycles. The van der Waals surface area contributed by atoms with Crippen LogP contribution in [0.4, 0.5) is 0 Å². The van der Waals surface area contributed by atoms with Crippen molar-refractivity contribution in [2.45, 2.75) is 168 Å². The number of esters is 1. The van der Waals surface area contributed by atoms with Gasteiger partial charge in [-0.05, 0) is 71.3 Å². The highest BCUT2D eigenvalue weighted by Gasteiger charge is 2.53. The zero-order chi connectivity index (χ0) is 37.3. The Morgan fingerprint density at radius 2 is 1.63 bits per heavy atom. The molecule has 0 bridgehead atoms. The van der Waals surface area contributed by atoms with Gasteiger partial charge in [-0.25, -0.2) is 0 Å². The fourth-order valence-corrected chi connectivity index (χ4v) is 9.13. The Hall–Kier alpha value is -1.38. The van der Waals surface area contributed by atoms with Gasteiger partial charge in [0.15, 0.2) is 6.29 Å². The molecule has 3 aliphatic rings. The minimum atomic E-state index is -1.85. The summed E-state index contributed by atoms with van der Waals surface area (Å²) < 4.78 is 24.7. The third-order valence-corrected chi connectivity index (χ3v) is 11.7. The standard InChI is InChI=1S/C37H68N2O10/c1-14-26-37(12,44)31(40)21(3)28(39-49-25-15-16-38-19-25)20(2)17-35(10,43)30(34(7,8)9)22(4)29(23(5)33(42)47-26)48-27-18-36(11,45-13)32(41)24(6)46-27/h20-27,29-32,38,40-41,43-44H,14-19H2,1-13H3/t20-,21+,22+,23-,24+,25?,26-,27+,29+,30+,31-,32+,35-,36-,37-/m1/s1. The number of rotatable bonds is 6. The molecule has 0 amide bonds. The number of oxime groups is 1. The van der Waals surface area contributed by atoms with E-state index in [2.05, 4.69) is 31.2 Å². The maximum Gasteiger partial charge on any atom is 0.311 e. The summed E-state index contributed by atoms with van der Waals surface area (Å²) in [5.41, 5.74) is -4.07. The van der Waals surface area contributed by atoms with Crippen LogP contribution in [0.25, 0.3) is 0 Å². The molecule has 49 heavy (non-hydrogen) atoms. The normalized spacial score (nSPS) is 47.4. The van der Waals surface area contributed by atoms with E-state index in [1.165, 1.54) is 14.0 Å². The van der Waals surface area contributed by atoms with Gasteiger partial charge in [0, 0.05) is 38.3 Å². The van der Waals surface area contributed by atoms with E-state index in [-0.39, 0.29) is 31.3 Å². The summed E-state index contributed by atoms with van der Waals surface area (Å²) in [7, 11) is 1.54. The largest absolute Gasteiger partial charge is 0.459 e. The molecule has 0 aromatic carbocycles. The van der Waals surface area contributed by atoms with E-state index in [1.54, 1.807) is 34.6 Å². The van der Waals surface area contributed by atoms with Crippen LogP contribution in [0.1, 0.15) is 109 Å². The van der Waals surface area contributed by atoms with Crippen molar-refractivity contribution >= 4 is 11.7 Å². The second kappa shape index (κ2) is 16.1. The van der Waals surface area contributed by atoms with Gasteiger partial charge in [-0.2, -0.15) is 0 Å². The summed E-state index contributed by atoms with van der Waals surface area (Å²) in [6.07, 6.45) is -4.19. The van der Waals surface area contributed by atoms with E-state index in [0.29, 0.717) is 12.3 Å². The van der Waals surface area contributed by atoms with E-state index in [4.69, 9.17) is 23.8 Å². The molecule has 3 fully saturated rings. The highest BCUT2D eigenvalue weighted by molar-refractivity contribution is 5.88. The number of ether oxygens (including phenoxy) is 4. The maximum atomic E-state index is 14.1. The molecular formula is C37H68N2O10. The van der Waals surface area contributed by atoms with Crippen molar-refractivity contribution in [3.63, 3.8) is 0 Å². The molecule has 0 aromatic rings. The van der Waals surface area contributed by atoms with Crippen LogP contribution in [-0.4, -0.2) is 112 Å². The predicted molar refractivity (Wildman–Crippen MR) is 187 cm³/mol. The Morgan fingerprint density at radius 1 is 1.00 bits per heavy atom. The molecule has 3 heterocycles. The van der Waals surface area contributed by atoms with Crippen molar-refractivity contribution in [1.82, 2.24) is 5.32 Å². The van der Waals surface area contributed by atoms with Crippen LogP contribution in [0.2, 0.25) is 0 Å². The van der Waals surface area contributed by atoms with Crippen LogP contribution in [-0.2, 0) is 28.6 Å². The van der Waals surface area contributed by atoms with Gasteiger partial charge in [0.1, 0.15) is 23.9 Å². The first-order valence-electron chi connectivity index (χ1n) is 18.3. The summed E-state index contributed by atoms with van der Waals surface area (Å²) in [4.78, 5) is 20.1. The summed E-state index contributed by atoms with van der Waals surface area (Å²) in [6, 6.07) is 0. The quantitative estimate of drug-likeness (QED) is 0.202. The van der Waals surface area contributed by atoms with Gasteiger partial charge in [-0.3, -0.25) is 4.79 Å². The SMILES string of the molecule is CC[C@H]1OC(=O)[C@H](C)[C@@H](O[C@H]2C[C@@](C)(OC)[C@@H](O)[C@H](C)O2)[C@H](C)[C@@H](C(C)(C)C)[C@](C)(O)C[C@@H](C)C(=NOC2CCNC2)[C@H](C)[C@@H](O)[C@]1(C)O. The van der Waals surface area contributed by atoms with Crippen LogP contribution >= 0.6 is 0 Å². The third-order valence-electron chi connectivity index (χ3n) is 11.7. The van der Waals surface area contributed by atoms with Crippen molar-refractivity contribution in [2.75, 3.05) is 20.2 Å². The lowest BCUT2D eigenvalue weighted by Crippen LogP contribution is -2.59. The first-order chi connectivity index (χ1) is 22.5. The van der Waals surface area contributed by atoms with Gasteiger partial charge in [0.2, 0.25) is 0 Å². The molecule has 0 spiro atoms. The molecule has 286 valence electrons. The van der Waals surface area contributed by atoms with Crippen molar-refractivity contribution in [3.05, 3.63) is 0 Å². The number of cyclic esters (lactones) is 1. The molecule has 1 unspecified atom stereocenters. The summed E-state index contributed by atoms with van der Waals surface area (Å²) >= 11 is 0. The van der Waals surface area contributed by atoms with Gasteiger partial charge in [0.25, 0.3) is 0 Å². The van der Waals surface area contributed by atoms with Crippen LogP contribution in [0.3, 0.4) is 0 Å². The average molecular weight is 701 g/mol. The summed E-state index contributed by atoms with van der Waals surface area (Å²) in [5, 5.41) is 54.9. The lowest BCUT2D eigenvalue weighted by molar-refractivity contribution is -0.299. The van der Waals surface area contributed by atoms with Crippen molar-refractivity contribution in [3.8, 4) is 0 Å². The average Bonchev–Trinajstić information content (AvgIpc) is 3.52. The van der Waals surface area contributed by atoms with Crippen LogP contribution in [0.5, 0.6) is 0 Å². The van der Waals surface area contributed by atoms with Crippen molar-refractivity contribution in [2.24, 2.45) is 40.2 Å². The minimum Gasteiger partial charge on any atom is -0.459 e. The topological polar surface area (TPSA) is 169 Å². The van der Waals surface area contributed by atoms with Gasteiger partial charge in [0.05, 0.1) is 41.1 Å². The van der Waals surface area contributed by atoms with E-state index >= 15 is 0 Å².